The Balaban J connectivity index is 1.62. The molecule has 0 aromatic rings. The van der Waals surface area contributed by atoms with Gasteiger partial charge in [0, 0.05) is 0 Å². The van der Waals surface area contributed by atoms with Crippen molar-refractivity contribution in [1.29, 1.82) is 0 Å². The van der Waals surface area contributed by atoms with Crippen molar-refractivity contribution in [3.63, 3.8) is 0 Å². The van der Waals surface area contributed by atoms with Gasteiger partial charge in [-0.25, -0.2) is 0 Å². The van der Waals surface area contributed by atoms with E-state index in [4.69, 9.17) is 0 Å². The predicted molar refractivity (Wildman–Crippen MR) is 97.3 cm³/mol. The van der Waals surface area contributed by atoms with Gasteiger partial charge in [-0.1, -0.05) is 40.9 Å². The van der Waals surface area contributed by atoms with Crippen molar-refractivity contribution < 1.29 is 0 Å². The van der Waals surface area contributed by atoms with Gasteiger partial charge in [-0.05, 0) is 48.7 Å². The molecule has 0 saturated carbocycles. The van der Waals surface area contributed by atoms with Crippen molar-refractivity contribution in [2.75, 3.05) is 23.0 Å². The minimum absolute atomic E-state index is 0.386. The van der Waals surface area contributed by atoms with Gasteiger partial charge < -0.3 is 0 Å². The smallest absolute Gasteiger partial charge is 0.0606 e. The molecule has 3 rings (SSSR count). The molecule has 0 nitrogen and oxygen atoms in total. The van der Waals surface area contributed by atoms with Gasteiger partial charge in [0.05, 0.1) is 9.16 Å². The third kappa shape index (κ3) is 3.90. The quantitative estimate of drug-likeness (QED) is 0.577. The highest BCUT2D eigenvalue weighted by Crippen LogP contribution is 2.76. The summed E-state index contributed by atoms with van der Waals surface area (Å²) in [5.41, 5.74) is 0. The fourth-order valence-electron chi connectivity index (χ4n) is 2.46. The SMILES string of the molecule is C1CCCS(SC2CCS2)(SC2CCS2)CCC1. The molecule has 2 atom stereocenters. The van der Waals surface area contributed by atoms with Gasteiger partial charge in [-0.15, -0.1) is 31.6 Å². The second-order valence-electron chi connectivity index (χ2n) is 5.29. The van der Waals surface area contributed by atoms with E-state index in [0.717, 1.165) is 9.16 Å². The van der Waals surface area contributed by atoms with E-state index in [1.54, 1.807) is 11.5 Å². The van der Waals surface area contributed by atoms with E-state index in [-0.39, 0.29) is 8.09 Å². The number of hydrogen-bond donors (Lipinski definition) is 0. The molecule has 0 spiro atoms. The van der Waals surface area contributed by atoms with Crippen LogP contribution in [0.1, 0.15) is 44.9 Å². The Hall–Kier alpha value is 1.75. The predicted octanol–water partition coefficient (Wildman–Crippen LogP) is 5.98. The van der Waals surface area contributed by atoms with Crippen LogP contribution < -0.4 is 0 Å². The van der Waals surface area contributed by atoms with E-state index in [2.05, 4.69) is 45.1 Å². The van der Waals surface area contributed by atoms with E-state index in [9.17, 15) is 0 Å². The summed E-state index contributed by atoms with van der Waals surface area (Å²) in [5, 5.41) is 0. The van der Waals surface area contributed by atoms with Crippen molar-refractivity contribution in [3.05, 3.63) is 0 Å². The first-order valence-electron chi connectivity index (χ1n) is 7.25. The molecule has 5 heteroatoms. The van der Waals surface area contributed by atoms with Crippen LogP contribution in [0.3, 0.4) is 0 Å². The molecule has 0 radical (unpaired) electrons. The molecule has 0 aliphatic carbocycles. The standard InChI is InChI=1S/C13H24S5/c1-2-4-10-18(11-5-3-1,16-12-6-8-14-12)17-13-7-9-15-13/h12-13H,1-11H2. The summed E-state index contributed by atoms with van der Waals surface area (Å²) in [7, 11) is 4.52. The highest BCUT2D eigenvalue weighted by molar-refractivity contribution is 9.25. The number of rotatable bonds is 4. The van der Waals surface area contributed by atoms with E-state index in [1.165, 1.54) is 56.5 Å². The van der Waals surface area contributed by atoms with Crippen LogP contribution >= 0.6 is 53.2 Å². The maximum Gasteiger partial charge on any atom is 0.0606 e. The molecule has 3 aliphatic heterocycles. The van der Waals surface area contributed by atoms with Gasteiger partial charge in [-0.2, -0.15) is 0 Å². The number of thioether (sulfide) groups is 2. The lowest BCUT2D eigenvalue weighted by Gasteiger charge is -2.46. The maximum atomic E-state index is 2.45. The first-order valence-corrected chi connectivity index (χ1v) is 14.1. The third-order valence-electron chi connectivity index (χ3n) is 3.79. The molecule has 106 valence electrons. The zero-order chi connectivity index (χ0) is 12.3. The molecule has 0 aromatic carbocycles. The molecule has 18 heavy (non-hydrogen) atoms. The van der Waals surface area contributed by atoms with Gasteiger partial charge in [0.1, 0.15) is 0 Å². The van der Waals surface area contributed by atoms with Crippen molar-refractivity contribution in [3.8, 4) is 0 Å². The Morgan fingerprint density at radius 1 is 0.722 bits per heavy atom. The molecule has 2 unspecified atom stereocenters. The summed E-state index contributed by atoms with van der Waals surface area (Å²) in [6.07, 6.45) is 10.5. The van der Waals surface area contributed by atoms with Crippen LogP contribution in [0.25, 0.3) is 0 Å². The first kappa shape index (κ1) is 14.7. The zero-order valence-electron chi connectivity index (χ0n) is 11.0. The molecule has 0 aromatic heterocycles. The molecular formula is C13H24S5. The zero-order valence-corrected chi connectivity index (χ0v) is 15.1. The maximum absolute atomic E-state index is 2.45. The minimum Gasteiger partial charge on any atom is -0.147 e. The van der Waals surface area contributed by atoms with Crippen LogP contribution in [-0.4, -0.2) is 32.2 Å². The molecule has 3 saturated heterocycles. The normalized spacial score (nSPS) is 37.8. The molecule has 0 bridgehead atoms. The molecule has 3 fully saturated rings. The van der Waals surface area contributed by atoms with E-state index < -0.39 is 0 Å². The van der Waals surface area contributed by atoms with E-state index >= 15 is 0 Å². The Kier molecular flexibility index (Phi) is 5.83. The Bertz CT molecular complexity index is 236. The Morgan fingerprint density at radius 2 is 1.17 bits per heavy atom. The van der Waals surface area contributed by atoms with Crippen LogP contribution in [-0.2, 0) is 0 Å². The van der Waals surface area contributed by atoms with Crippen LogP contribution in [0.5, 0.6) is 0 Å². The molecule has 3 heterocycles. The largest absolute Gasteiger partial charge is 0.147 e. The number of hydrogen-bond acceptors (Lipinski definition) is 4. The van der Waals surface area contributed by atoms with Gasteiger partial charge in [0.2, 0.25) is 0 Å². The van der Waals surface area contributed by atoms with Crippen molar-refractivity contribution in [2.45, 2.75) is 54.1 Å². The molecule has 3 aliphatic rings. The average Bonchev–Trinajstić information content (AvgIpc) is 2.22. The Morgan fingerprint density at radius 3 is 1.56 bits per heavy atom. The first-order chi connectivity index (χ1) is 8.86. The third-order valence-corrected chi connectivity index (χ3v) is 18.4. The van der Waals surface area contributed by atoms with Crippen LogP contribution in [0.15, 0.2) is 0 Å². The second kappa shape index (κ2) is 7.15. The van der Waals surface area contributed by atoms with Crippen molar-refractivity contribution in [1.82, 2.24) is 0 Å². The van der Waals surface area contributed by atoms with Crippen molar-refractivity contribution >= 4 is 53.2 Å². The topological polar surface area (TPSA) is 0 Å². The lowest BCUT2D eigenvalue weighted by atomic mass is 10.2. The summed E-state index contributed by atoms with van der Waals surface area (Å²) >= 11 is 4.45. The van der Waals surface area contributed by atoms with Gasteiger partial charge in [0.15, 0.2) is 0 Å². The fourth-order valence-corrected chi connectivity index (χ4v) is 20.2. The summed E-state index contributed by atoms with van der Waals surface area (Å²) in [4.78, 5) is 0. The van der Waals surface area contributed by atoms with Crippen molar-refractivity contribution in [2.24, 2.45) is 0 Å². The van der Waals surface area contributed by atoms with Gasteiger partial charge in [-0.3, -0.25) is 0 Å². The van der Waals surface area contributed by atoms with Crippen LogP contribution in [0, 0.1) is 0 Å². The van der Waals surface area contributed by atoms with Crippen LogP contribution in [0.2, 0.25) is 0 Å². The van der Waals surface area contributed by atoms with E-state index in [1.807, 2.05) is 0 Å². The molecule has 0 amide bonds. The molecular weight excluding hydrogens is 316 g/mol. The van der Waals surface area contributed by atoms with E-state index in [0.29, 0.717) is 0 Å². The summed E-state index contributed by atoms with van der Waals surface area (Å²) < 4.78 is 1.94. The Labute approximate surface area is 129 Å². The highest BCUT2D eigenvalue weighted by atomic mass is 33.6. The average molecular weight is 341 g/mol. The lowest BCUT2D eigenvalue weighted by Crippen LogP contribution is -2.19. The molecule has 0 N–H and O–H groups in total. The van der Waals surface area contributed by atoms with Crippen LogP contribution in [0.4, 0.5) is 0 Å². The highest BCUT2D eigenvalue weighted by Gasteiger charge is 2.36. The second-order valence-corrected chi connectivity index (χ2v) is 18.0. The summed E-state index contributed by atoms with van der Waals surface area (Å²) in [6.45, 7) is 0. The lowest BCUT2D eigenvalue weighted by molar-refractivity contribution is 0.652. The minimum atomic E-state index is -0.386. The monoisotopic (exact) mass is 340 g/mol. The van der Waals surface area contributed by atoms with Gasteiger partial charge >= 0.3 is 0 Å². The fraction of sp³-hybridized carbons (Fsp3) is 1.00. The summed E-state index contributed by atoms with van der Waals surface area (Å²) in [6, 6.07) is 0. The summed E-state index contributed by atoms with van der Waals surface area (Å²) in [5.74, 6) is 5.99. The van der Waals surface area contributed by atoms with Gasteiger partial charge in [0.25, 0.3) is 0 Å².